The van der Waals surface area contributed by atoms with Crippen LogP contribution in [-0.2, 0) is 20.8 Å². The second kappa shape index (κ2) is 10.3. The van der Waals surface area contributed by atoms with Crippen LogP contribution in [-0.4, -0.2) is 43.3 Å². The van der Waals surface area contributed by atoms with Gasteiger partial charge in [-0.2, -0.15) is 0 Å². The average molecular weight is 410 g/mol. The van der Waals surface area contributed by atoms with Crippen molar-refractivity contribution in [3.63, 3.8) is 0 Å². The highest BCUT2D eigenvalue weighted by molar-refractivity contribution is 5.98. The maximum Gasteiger partial charge on any atom is 0.335 e. The first-order valence-electron chi connectivity index (χ1n) is 9.43. The van der Waals surface area contributed by atoms with Crippen LogP contribution >= 0.6 is 0 Å². The van der Waals surface area contributed by atoms with Gasteiger partial charge in [0.15, 0.2) is 12.1 Å². The number of esters is 1. The van der Waals surface area contributed by atoms with E-state index in [4.69, 9.17) is 24.8 Å². The van der Waals surface area contributed by atoms with Gasteiger partial charge in [-0.3, -0.25) is 0 Å². The molecule has 1 aliphatic rings. The zero-order chi connectivity index (χ0) is 21.3. The molecule has 156 valence electrons. The van der Waals surface area contributed by atoms with Crippen molar-refractivity contribution >= 4 is 11.9 Å². The molecule has 0 aliphatic carbocycles. The summed E-state index contributed by atoms with van der Waals surface area (Å²) in [6, 6.07) is 13.5. The molecular weight excluding hydrogens is 388 g/mol. The average Bonchev–Trinajstić information content (AvgIpc) is 3.23. The Hall–Kier alpha value is -3.55. The standard InChI is InChI=1S/C21H22N4O5/c1-28-21(27)18-19(17-6-3-2-5-15(17)13-23-25-22)30-20(24-18)14-7-9-16(10-8-14)29-12-4-11-26/h2-3,5-10,18-19,26H,4,11-13H2,1H3/t18-,19+/m1/s1. The van der Waals surface area contributed by atoms with Crippen LogP contribution in [0.25, 0.3) is 10.4 Å². The number of carbonyl (C=O) groups excluding carboxylic acids is 1. The van der Waals surface area contributed by atoms with Crippen molar-refractivity contribution in [2.24, 2.45) is 10.1 Å². The van der Waals surface area contributed by atoms with E-state index in [9.17, 15) is 4.79 Å². The molecule has 0 amide bonds. The van der Waals surface area contributed by atoms with Gasteiger partial charge in [0.05, 0.1) is 20.3 Å². The molecule has 9 heteroatoms. The monoisotopic (exact) mass is 410 g/mol. The summed E-state index contributed by atoms with van der Waals surface area (Å²) in [5.41, 5.74) is 10.8. The molecule has 3 rings (SSSR count). The van der Waals surface area contributed by atoms with Crippen molar-refractivity contribution < 1.29 is 24.1 Å². The fourth-order valence-corrected chi connectivity index (χ4v) is 3.09. The summed E-state index contributed by atoms with van der Waals surface area (Å²) >= 11 is 0. The Balaban J connectivity index is 1.85. The summed E-state index contributed by atoms with van der Waals surface area (Å²) in [5.74, 6) is 0.458. The van der Waals surface area contributed by atoms with Crippen molar-refractivity contribution in [2.45, 2.75) is 25.1 Å². The number of hydrogen-bond acceptors (Lipinski definition) is 7. The predicted octanol–water partition coefficient (Wildman–Crippen LogP) is 3.32. The van der Waals surface area contributed by atoms with E-state index < -0.39 is 18.1 Å². The van der Waals surface area contributed by atoms with Gasteiger partial charge in [-0.25, -0.2) is 9.79 Å². The maximum atomic E-state index is 12.4. The van der Waals surface area contributed by atoms with Crippen LogP contribution in [0, 0.1) is 0 Å². The molecule has 1 aliphatic heterocycles. The van der Waals surface area contributed by atoms with Crippen molar-refractivity contribution in [1.82, 2.24) is 0 Å². The predicted molar refractivity (Wildman–Crippen MR) is 109 cm³/mol. The van der Waals surface area contributed by atoms with Gasteiger partial charge in [-0.1, -0.05) is 29.4 Å². The number of aliphatic hydroxyl groups excluding tert-OH is 1. The van der Waals surface area contributed by atoms with Crippen molar-refractivity contribution in [3.8, 4) is 5.75 Å². The fourth-order valence-electron chi connectivity index (χ4n) is 3.09. The Labute approximate surface area is 173 Å². The number of nitrogens with zero attached hydrogens (tertiary/aromatic N) is 4. The van der Waals surface area contributed by atoms with Crippen molar-refractivity contribution in [3.05, 3.63) is 75.7 Å². The van der Waals surface area contributed by atoms with Crippen LogP contribution in [0.3, 0.4) is 0 Å². The number of carbonyl (C=O) groups is 1. The van der Waals surface area contributed by atoms with Gasteiger partial charge >= 0.3 is 5.97 Å². The molecule has 1 N–H and O–H groups in total. The summed E-state index contributed by atoms with van der Waals surface area (Å²) in [7, 11) is 1.30. The molecule has 0 unspecified atom stereocenters. The van der Waals surface area contributed by atoms with E-state index in [1.54, 1.807) is 24.3 Å². The topological polar surface area (TPSA) is 126 Å². The second-order valence-corrected chi connectivity index (χ2v) is 6.48. The summed E-state index contributed by atoms with van der Waals surface area (Å²) in [6.07, 6.45) is -0.145. The smallest absolute Gasteiger partial charge is 0.335 e. The number of aliphatic hydroxyl groups is 1. The van der Waals surface area contributed by atoms with Crippen LogP contribution in [0.1, 0.15) is 29.2 Å². The highest BCUT2D eigenvalue weighted by Crippen LogP contribution is 2.34. The molecule has 2 aromatic rings. The molecule has 30 heavy (non-hydrogen) atoms. The second-order valence-electron chi connectivity index (χ2n) is 6.48. The molecule has 0 saturated heterocycles. The number of azide groups is 1. The van der Waals surface area contributed by atoms with E-state index in [0.29, 0.717) is 35.8 Å². The lowest BCUT2D eigenvalue weighted by Crippen LogP contribution is -2.26. The first kappa shape index (κ1) is 21.2. The largest absolute Gasteiger partial charge is 0.494 e. The van der Waals surface area contributed by atoms with Crippen molar-refractivity contribution in [2.75, 3.05) is 20.3 Å². The summed E-state index contributed by atoms with van der Waals surface area (Å²) in [6.45, 7) is 0.623. The van der Waals surface area contributed by atoms with E-state index in [-0.39, 0.29) is 13.2 Å². The molecule has 0 saturated carbocycles. The Morgan fingerprint density at radius 1 is 1.27 bits per heavy atom. The first-order valence-corrected chi connectivity index (χ1v) is 9.43. The zero-order valence-electron chi connectivity index (χ0n) is 16.5. The summed E-state index contributed by atoms with van der Waals surface area (Å²) in [5, 5.41) is 12.5. The summed E-state index contributed by atoms with van der Waals surface area (Å²) < 4.78 is 16.5. The normalized spacial score (nSPS) is 17.5. The highest BCUT2D eigenvalue weighted by atomic mass is 16.5. The lowest BCUT2D eigenvalue weighted by Gasteiger charge is -2.19. The zero-order valence-corrected chi connectivity index (χ0v) is 16.5. The molecule has 0 aromatic heterocycles. The van der Waals surface area contributed by atoms with Crippen LogP contribution in [0.2, 0.25) is 0 Å². The molecule has 0 radical (unpaired) electrons. The fraction of sp³-hybridized carbons (Fsp3) is 0.333. The number of aliphatic imine (C=N–C) groups is 1. The number of benzene rings is 2. The first-order chi connectivity index (χ1) is 14.7. The quantitative estimate of drug-likeness (QED) is 0.223. The van der Waals surface area contributed by atoms with Gasteiger partial charge < -0.3 is 19.3 Å². The third kappa shape index (κ3) is 4.89. The van der Waals surface area contributed by atoms with E-state index in [1.807, 2.05) is 24.3 Å². The van der Waals surface area contributed by atoms with Gasteiger partial charge in [0.25, 0.3) is 0 Å². The van der Waals surface area contributed by atoms with Crippen LogP contribution < -0.4 is 4.74 Å². The number of methoxy groups -OCH3 is 1. The summed E-state index contributed by atoms with van der Waals surface area (Å²) in [4.78, 5) is 19.6. The molecule has 0 fully saturated rings. The number of rotatable bonds is 9. The van der Waals surface area contributed by atoms with Gasteiger partial charge in [-0.15, -0.1) is 0 Å². The van der Waals surface area contributed by atoms with Crippen LogP contribution in [0.15, 0.2) is 58.6 Å². The van der Waals surface area contributed by atoms with Gasteiger partial charge in [0, 0.05) is 23.5 Å². The SMILES string of the molecule is COC(=O)[C@@H]1N=C(c2ccc(OCCCO)cc2)O[C@H]1c1ccccc1CN=[N+]=[N-]. The third-order valence-corrected chi connectivity index (χ3v) is 4.56. The molecule has 1 heterocycles. The lowest BCUT2D eigenvalue weighted by molar-refractivity contribution is -0.143. The van der Waals surface area contributed by atoms with Gasteiger partial charge in [0.2, 0.25) is 5.90 Å². The number of ether oxygens (including phenoxy) is 3. The van der Waals surface area contributed by atoms with Crippen molar-refractivity contribution in [1.29, 1.82) is 0 Å². The van der Waals surface area contributed by atoms with E-state index in [1.165, 1.54) is 7.11 Å². The molecular formula is C21H22N4O5. The molecule has 0 spiro atoms. The minimum absolute atomic E-state index is 0.0696. The van der Waals surface area contributed by atoms with Gasteiger partial charge in [0.1, 0.15) is 5.75 Å². The Morgan fingerprint density at radius 3 is 2.73 bits per heavy atom. The van der Waals surface area contributed by atoms with Gasteiger partial charge in [-0.05, 0) is 40.9 Å². The minimum atomic E-state index is -0.877. The van der Waals surface area contributed by atoms with E-state index in [0.717, 1.165) is 5.56 Å². The minimum Gasteiger partial charge on any atom is -0.494 e. The molecule has 2 atom stereocenters. The Bertz CT molecular complexity index is 954. The maximum absolute atomic E-state index is 12.4. The van der Waals surface area contributed by atoms with Crippen LogP contribution in [0.5, 0.6) is 5.75 Å². The molecule has 9 nitrogen and oxygen atoms in total. The molecule has 0 bridgehead atoms. The third-order valence-electron chi connectivity index (χ3n) is 4.56. The van der Waals surface area contributed by atoms with E-state index in [2.05, 4.69) is 15.0 Å². The molecule has 2 aromatic carbocycles. The highest BCUT2D eigenvalue weighted by Gasteiger charge is 2.39. The lowest BCUT2D eigenvalue weighted by atomic mass is 9.97. The Morgan fingerprint density at radius 2 is 2.03 bits per heavy atom. The van der Waals surface area contributed by atoms with Crippen LogP contribution in [0.4, 0.5) is 0 Å². The number of hydrogen-bond donors (Lipinski definition) is 1. The van der Waals surface area contributed by atoms with E-state index >= 15 is 0 Å². The Kier molecular flexibility index (Phi) is 7.26.